The van der Waals surface area contributed by atoms with Crippen molar-refractivity contribution in [3.05, 3.63) is 115 Å². The van der Waals surface area contributed by atoms with Gasteiger partial charge in [0.05, 0.1) is 17.8 Å². The van der Waals surface area contributed by atoms with Crippen LogP contribution in [0.25, 0.3) is 33.3 Å². The molecule has 0 fully saturated rings. The average molecular weight is 555 g/mol. The molecule has 42 heavy (non-hydrogen) atoms. The van der Waals surface area contributed by atoms with Gasteiger partial charge in [-0.25, -0.2) is 15.0 Å². The highest BCUT2D eigenvalue weighted by Crippen LogP contribution is 2.32. The number of amides is 1. The number of ether oxygens (including phenoxy) is 1. The number of fused-ring (bicyclic) bond motifs is 1. The predicted molar refractivity (Wildman–Crippen MR) is 167 cm³/mol. The molecular weight excluding hydrogens is 524 g/mol. The number of hydrogen-bond acceptors (Lipinski definition) is 6. The predicted octanol–water partition coefficient (Wildman–Crippen LogP) is 7.40. The summed E-state index contributed by atoms with van der Waals surface area (Å²) >= 11 is 0. The minimum atomic E-state index is -0.199. The lowest BCUT2D eigenvalue weighted by Crippen LogP contribution is -2.12. The van der Waals surface area contributed by atoms with Gasteiger partial charge in [-0.15, -0.1) is 0 Å². The topological polar surface area (TPSA) is 94.0 Å². The first-order valence-corrected chi connectivity index (χ1v) is 13.7. The van der Waals surface area contributed by atoms with Gasteiger partial charge in [0.1, 0.15) is 12.1 Å². The minimum Gasteiger partial charge on any atom is -0.478 e. The highest BCUT2D eigenvalue weighted by Gasteiger charge is 2.14. The molecule has 6 aromatic rings. The van der Waals surface area contributed by atoms with Gasteiger partial charge in [0.25, 0.3) is 5.91 Å². The van der Waals surface area contributed by atoms with Crippen LogP contribution in [0.4, 0.5) is 17.2 Å². The monoisotopic (exact) mass is 554 g/mol. The van der Waals surface area contributed by atoms with Crippen LogP contribution >= 0.6 is 0 Å². The summed E-state index contributed by atoms with van der Waals surface area (Å²) in [6.07, 6.45) is 5.43. The third-order valence-corrected chi connectivity index (χ3v) is 7.09. The quantitative estimate of drug-likeness (QED) is 0.204. The molecule has 1 amide bonds. The van der Waals surface area contributed by atoms with E-state index in [1.54, 1.807) is 0 Å². The highest BCUT2D eigenvalue weighted by molar-refractivity contribution is 6.06. The van der Waals surface area contributed by atoms with E-state index in [4.69, 9.17) is 4.74 Å². The van der Waals surface area contributed by atoms with Crippen molar-refractivity contribution >= 4 is 34.0 Å². The molecule has 3 heterocycles. The Labute approximate surface area is 244 Å². The summed E-state index contributed by atoms with van der Waals surface area (Å²) in [6, 6.07) is 27.2. The first-order chi connectivity index (χ1) is 20.5. The zero-order valence-corrected chi connectivity index (χ0v) is 23.6. The maximum Gasteiger partial charge on any atom is 0.255 e. The van der Waals surface area contributed by atoms with Gasteiger partial charge in [-0.05, 0) is 49.7 Å². The molecule has 0 bridgehead atoms. The van der Waals surface area contributed by atoms with Gasteiger partial charge >= 0.3 is 0 Å². The van der Waals surface area contributed by atoms with E-state index in [0.29, 0.717) is 29.6 Å². The molecule has 0 spiro atoms. The zero-order chi connectivity index (χ0) is 29.1. The molecule has 0 saturated carbocycles. The molecule has 0 aliphatic rings. The number of anilines is 3. The van der Waals surface area contributed by atoms with E-state index in [2.05, 4.69) is 36.3 Å². The summed E-state index contributed by atoms with van der Waals surface area (Å²) in [5.41, 5.74) is 7.93. The van der Waals surface area contributed by atoms with Crippen molar-refractivity contribution in [2.75, 3.05) is 17.2 Å². The van der Waals surface area contributed by atoms with Gasteiger partial charge in [-0.2, -0.15) is 0 Å². The van der Waals surface area contributed by atoms with Crippen LogP contribution in [0.5, 0.6) is 5.88 Å². The van der Waals surface area contributed by atoms with Gasteiger partial charge in [0, 0.05) is 70.6 Å². The van der Waals surface area contributed by atoms with E-state index in [1.165, 1.54) is 6.33 Å². The highest BCUT2D eigenvalue weighted by atomic mass is 16.5. The number of benzene rings is 3. The fraction of sp³-hybridized carbons (Fsp3) is 0.118. The molecule has 0 radical (unpaired) electrons. The molecule has 0 unspecified atom stereocenters. The van der Waals surface area contributed by atoms with E-state index >= 15 is 0 Å². The number of carbonyl (C=O) groups excluding carboxylic acids is 1. The minimum absolute atomic E-state index is 0.199. The van der Waals surface area contributed by atoms with Crippen LogP contribution in [-0.4, -0.2) is 32.0 Å². The summed E-state index contributed by atoms with van der Waals surface area (Å²) < 4.78 is 7.53. The van der Waals surface area contributed by atoms with Crippen molar-refractivity contribution in [1.29, 1.82) is 0 Å². The maximum absolute atomic E-state index is 13.3. The average Bonchev–Trinajstić information content (AvgIpc) is 3.35. The fourth-order valence-electron chi connectivity index (χ4n) is 4.90. The number of hydrogen-bond donors (Lipinski definition) is 2. The Balaban J connectivity index is 1.21. The third kappa shape index (κ3) is 5.55. The van der Waals surface area contributed by atoms with Crippen LogP contribution in [0.1, 0.15) is 22.8 Å². The third-order valence-electron chi connectivity index (χ3n) is 7.09. The fourth-order valence-corrected chi connectivity index (χ4v) is 4.90. The van der Waals surface area contributed by atoms with E-state index in [-0.39, 0.29) is 5.91 Å². The van der Waals surface area contributed by atoms with E-state index in [0.717, 1.165) is 44.5 Å². The van der Waals surface area contributed by atoms with Crippen molar-refractivity contribution in [2.45, 2.75) is 13.8 Å². The number of pyridine rings is 1. The van der Waals surface area contributed by atoms with Crippen LogP contribution in [0.2, 0.25) is 0 Å². The molecule has 0 aliphatic carbocycles. The molecule has 208 valence electrons. The Morgan fingerprint density at radius 2 is 1.76 bits per heavy atom. The molecule has 8 nitrogen and oxygen atoms in total. The summed E-state index contributed by atoms with van der Waals surface area (Å²) in [7, 11) is 1.99. The number of aryl methyl sites for hydroxylation is 2. The number of rotatable bonds is 8. The second-order valence-corrected chi connectivity index (χ2v) is 9.97. The number of carbonyl (C=O) groups is 1. The van der Waals surface area contributed by atoms with Gasteiger partial charge < -0.3 is 19.9 Å². The van der Waals surface area contributed by atoms with Crippen molar-refractivity contribution in [2.24, 2.45) is 7.05 Å². The second kappa shape index (κ2) is 11.5. The van der Waals surface area contributed by atoms with Crippen LogP contribution in [0, 0.1) is 6.92 Å². The normalized spacial score (nSPS) is 10.9. The second-order valence-electron chi connectivity index (χ2n) is 9.97. The van der Waals surface area contributed by atoms with Crippen LogP contribution < -0.4 is 15.4 Å². The number of nitrogens with zero attached hydrogens (tertiary/aromatic N) is 4. The Bertz CT molecular complexity index is 1880. The summed E-state index contributed by atoms with van der Waals surface area (Å²) in [5, 5.41) is 7.48. The lowest BCUT2D eigenvalue weighted by atomic mass is 10.1. The van der Waals surface area contributed by atoms with Crippen molar-refractivity contribution in [3.63, 3.8) is 0 Å². The lowest BCUT2D eigenvalue weighted by Gasteiger charge is -2.12. The first-order valence-electron chi connectivity index (χ1n) is 13.7. The van der Waals surface area contributed by atoms with Crippen molar-refractivity contribution in [3.8, 4) is 28.3 Å². The van der Waals surface area contributed by atoms with E-state index in [9.17, 15) is 4.79 Å². The molecule has 2 N–H and O–H groups in total. The van der Waals surface area contributed by atoms with Crippen LogP contribution in [-0.2, 0) is 7.05 Å². The number of aromatic nitrogens is 4. The Kier molecular flexibility index (Phi) is 7.34. The molecule has 3 aromatic heterocycles. The molecule has 0 saturated heterocycles. The molecule has 0 atom stereocenters. The smallest absolute Gasteiger partial charge is 0.255 e. The lowest BCUT2D eigenvalue weighted by molar-refractivity contribution is 0.102. The Morgan fingerprint density at radius 1 is 0.905 bits per heavy atom. The zero-order valence-electron chi connectivity index (χ0n) is 23.6. The summed E-state index contributed by atoms with van der Waals surface area (Å²) in [5.74, 6) is 1.06. The molecular formula is C34H30N6O2. The summed E-state index contributed by atoms with van der Waals surface area (Å²) in [4.78, 5) is 26.5. The molecule has 0 aliphatic heterocycles. The van der Waals surface area contributed by atoms with Gasteiger partial charge in [0.15, 0.2) is 0 Å². The van der Waals surface area contributed by atoms with E-state index in [1.807, 2.05) is 112 Å². The number of nitrogens with one attached hydrogen (secondary N) is 2. The van der Waals surface area contributed by atoms with Gasteiger partial charge in [0.2, 0.25) is 5.88 Å². The van der Waals surface area contributed by atoms with E-state index < -0.39 is 0 Å². The van der Waals surface area contributed by atoms with Crippen molar-refractivity contribution in [1.82, 2.24) is 19.5 Å². The molecule has 3 aromatic carbocycles. The largest absolute Gasteiger partial charge is 0.478 e. The first kappa shape index (κ1) is 26.7. The molecule has 8 heteroatoms. The van der Waals surface area contributed by atoms with Crippen LogP contribution in [0.15, 0.2) is 104 Å². The van der Waals surface area contributed by atoms with Crippen molar-refractivity contribution < 1.29 is 9.53 Å². The Morgan fingerprint density at radius 3 is 2.55 bits per heavy atom. The van der Waals surface area contributed by atoms with Gasteiger partial charge in [-0.3, -0.25) is 4.79 Å². The van der Waals surface area contributed by atoms with Crippen LogP contribution in [0.3, 0.4) is 0 Å². The summed E-state index contributed by atoms with van der Waals surface area (Å²) in [6.45, 7) is 4.50. The Hall–Kier alpha value is -5.50. The SMILES string of the molecule is CCOc1ccc(-c2cn(C)c3cc(NC(=O)c4ccc(C)c(Nc5cc(-c6ccccc6)ncn5)c4)ccc23)cn1. The molecule has 6 rings (SSSR count). The maximum atomic E-state index is 13.3. The standard InChI is InChI=1S/C34H30N6O2/c1-4-42-33-15-12-25(19-35-33)28-20-40(3)31-17-26(13-14-27(28)31)38-34(41)24-11-10-22(2)29(16-24)39-32-18-30(36-21-37-32)23-8-6-5-7-9-23/h5-21H,4H2,1-3H3,(H,38,41)(H,36,37,39). The van der Waals surface area contributed by atoms with Gasteiger partial charge in [-0.1, -0.05) is 42.5 Å².